The Morgan fingerprint density at radius 3 is 2.34 bits per heavy atom. The number of ether oxygens (including phenoxy) is 3. The summed E-state index contributed by atoms with van der Waals surface area (Å²) in [6.07, 6.45) is 5.91. The van der Waals surface area contributed by atoms with Crippen LogP contribution in [0.1, 0.15) is 48.5 Å². The number of aromatic amines is 1. The number of benzene rings is 3. The number of morpholine rings is 1. The van der Waals surface area contributed by atoms with E-state index < -0.39 is 0 Å². The van der Waals surface area contributed by atoms with Crippen molar-refractivity contribution in [3.63, 3.8) is 0 Å². The van der Waals surface area contributed by atoms with E-state index in [1.807, 2.05) is 6.07 Å². The molecule has 0 bridgehead atoms. The van der Waals surface area contributed by atoms with Crippen LogP contribution in [-0.4, -0.2) is 74.3 Å². The number of H-pyrrole nitrogens is 1. The van der Waals surface area contributed by atoms with E-state index in [9.17, 15) is 4.79 Å². The number of unbranched alkanes of at least 4 members (excludes halogenated alkanes) is 3. The number of carbonyl (C=O) groups excluding carboxylic acids is 1. The molecule has 6 rings (SSSR count). The summed E-state index contributed by atoms with van der Waals surface area (Å²) in [4.78, 5) is 18.4. The molecule has 9 heteroatoms. The SMILES string of the molecule is CN1CCc2c([nH]c3ccc(Cl)cc23)C1c1ccc(OCCCCCCN2CCOCC2)cc1.O=COc1ccc(Cl)cc1. The average Bonchev–Trinajstić information content (AvgIpc) is 3.40. The van der Waals surface area contributed by atoms with Crippen molar-refractivity contribution in [1.29, 1.82) is 0 Å². The van der Waals surface area contributed by atoms with E-state index in [0.717, 1.165) is 63.1 Å². The monoisotopic (exact) mass is 637 g/mol. The first-order valence-electron chi connectivity index (χ1n) is 15.4. The van der Waals surface area contributed by atoms with Crippen molar-refractivity contribution in [3.8, 4) is 11.5 Å². The fourth-order valence-corrected chi connectivity index (χ4v) is 6.22. The second-order valence-electron chi connectivity index (χ2n) is 11.3. The fourth-order valence-electron chi connectivity index (χ4n) is 5.92. The number of rotatable bonds is 11. The summed E-state index contributed by atoms with van der Waals surface area (Å²) in [7, 11) is 2.20. The quantitative estimate of drug-likeness (QED) is 0.135. The van der Waals surface area contributed by atoms with E-state index in [1.165, 1.54) is 53.5 Å². The molecule has 4 aromatic rings. The van der Waals surface area contributed by atoms with Gasteiger partial charge in [0.25, 0.3) is 6.47 Å². The van der Waals surface area contributed by atoms with Crippen LogP contribution in [0.25, 0.3) is 10.9 Å². The summed E-state index contributed by atoms with van der Waals surface area (Å²) in [6, 6.07) is 21.6. The molecule has 1 aromatic heterocycles. The normalized spacial score (nSPS) is 17.0. The molecule has 0 aliphatic carbocycles. The third-order valence-corrected chi connectivity index (χ3v) is 8.75. The van der Waals surface area contributed by atoms with Crippen molar-refractivity contribution in [2.45, 2.75) is 38.1 Å². The molecule has 7 nitrogen and oxygen atoms in total. The first kappa shape index (κ1) is 32.3. The summed E-state index contributed by atoms with van der Waals surface area (Å²) >= 11 is 11.9. The van der Waals surface area contributed by atoms with E-state index in [2.05, 4.69) is 63.0 Å². The average molecular weight is 639 g/mol. The van der Waals surface area contributed by atoms with E-state index in [4.69, 9.17) is 32.7 Å². The maximum Gasteiger partial charge on any atom is 0.298 e. The van der Waals surface area contributed by atoms with Gasteiger partial charge >= 0.3 is 0 Å². The van der Waals surface area contributed by atoms with E-state index in [0.29, 0.717) is 17.2 Å². The van der Waals surface area contributed by atoms with E-state index in [1.54, 1.807) is 24.3 Å². The van der Waals surface area contributed by atoms with Crippen LogP contribution < -0.4 is 9.47 Å². The number of hydrogen-bond donors (Lipinski definition) is 1. The van der Waals surface area contributed by atoms with Crippen molar-refractivity contribution in [2.24, 2.45) is 0 Å². The summed E-state index contributed by atoms with van der Waals surface area (Å²) in [5.74, 6) is 1.46. The Morgan fingerprint density at radius 1 is 0.886 bits per heavy atom. The van der Waals surface area contributed by atoms with E-state index >= 15 is 0 Å². The zero-order valence-corrected chi connectivity index (χ0v) is 26.8. The molecule has 2 aliphatic heterocycles. The van der Waals surface area contributed by atoms with Crippen LogP contribution in [-0.2, 0) is 16.0 Å². The van der Waals surface area contributed by atoms with Gasteiger partial charge in [-0.2, -0.15) is 0 Å². The number of likely N-dealkylation sites (N-methyl/N-ethyl adjacent to an activating group) is 1. The lowest BCUT2D eigenvalue weighted by Crippen LogP contribution is -2.36. The molecule has 0 amide bonds. The Labute approximate surface area is 270 Å². The summed E-state index contributed by atoms with van der Waals surface area (Å²) in [6.45, 7) is 7.35. The van der Waals surface area contributed by atoms with Crippen molar-refractivity contribution in [3.05, 3.63) is 93.6 Å². The standard InChI is InChI=1S/C28H36ClN3O2.C7H5ClO2/c1-31-14-12-24-25-20-22(29)8-11-26(25)30-27(24)28(31)21-6-9-23(10-7-21)34-17-5-3-2-4-13-32-15-18-33-19-16-32;8-6-1-3-7(4-2-6)10-5-9/h6-11,20,28,30H,2-5,12-19H2,1H3;1-5H. The Hall–Kier alpha value is -3.07. The van der Waals surface area contributed by atoms with Gasteiger partial charge in [0.1, 0.15) is 11.5 Å². The molecule has 1 unspecified atom stereocenters. The third-order valence-electron chi connectivity index (χ3n) is 8.26. The zero-order chi connectivity index (χ0) is 30.7. The van der Waals surface area contributed by atoms with E-state index in [-0.39, 0.29) is 6.04 Å². The molecule has 3 aromatic carbocycles. The number of aromatic nitrogens is 1. The van der Waals surface area contributed by atoms with Crippen molar-refractivity contribution in [2.75, 3.05) is 53.0 Å². The van der Waals surface area contributed by atoms with Crippen LogP contribution in [0.4, 0.5) is 0 Å². The molecule has 1 fully saturated rings. The minimum absolute atomic E-state index is 0.218. The number of fused-ring (bicyclic) bond motifs is 3. The van der Waals surface area contributed by atoms with Gasteiger partial charge in [-0.15, -0.1) is 0 Å². The Morgan fingerprint density at radius 2 is 1.59 bits per heavy atom. The highest BCUT2D eigenvalue weighted by Gasteiger charge is 2.29. The van der Waals surface area contributed by atoms with Crippen molar-refractivity contribution in [1.82, 2.24) is 14.8 Å². The van der Waals surface area contributed by atoms with Crippen LogP contribution in [0.15, 0.2) is 66.7 Å². The zero-order valence-electron chi connectivity index (χ0n) is 25.3. The van der Waals surface area contributed by atoms with Crippen LogP contribution in [0, 0.1) is 0 Å². The highest BCUT2D eigenvalue weighted by Crippen LogP contribution is 2.38. The third kappa shape index (κ3) is 8.77. The lowest BCUT2D eigenvalue weighted by Gasteiger charge is -2.33. The molecule has 1 N–H and O–H groups in total. The lowest BCUT2D eigenvalue weighted by atomic mass is 9.93. The molecular weight excluding hydrogens is 597 g/mol. The highest BCUT2D eigenvalue weighted by molar-refractivity contribution is 6.31. The van der Waals surface area contributed by atoms with Gasteiger partial charge in [-0.1, -0.05) is 48.2 Å². The molecule has 1 saturated heterocycles. The van der Waals surface area contributed by atoms with Crippen LogP contribution in [0.3, 0.4) is 0 Å². The molecule has 0 spiro atoms. The predicted molar refractivity (Wildman–Crippen MR) is 177 cm³/mol. The van der Waals surface area contributed by atoms with Crippen LogP contribution in [0.2, 0.25) is 10.0 Å². The molecule has 1 atom stereocenters. The summed E-state index contributed by atoms with van der Waals surface area (Å²) < 4.78 is 16.0. The first-order valence-corrected chi connectivity index (χ1v) is 16.2. The Balaban J connectivity index is 0.000000328. The largest absolute Gasteiger partial charge is 0.494 e. The predicted octanol–water partition coefficient (Wildman–Crippen LogP) is 7.55. The molecule has 0 saturated carbocycles. The Kier molecular flexibility index (Phi) is 12.0. The number of hydrogen-bond acceptors (Lipinski definition) is 6. The molecule has 0 radical (unpaired) electrons. The summed E-state index contributed by atoms with van der Waals surface area (Å²) in [5, 5.41) is 2.67. The number of nitrogens with zero attached hydrogens (tertiary/aromatic N) is 2. The summed E-state index contributed by atoms with van der Waals surface area (Å²) in [5.41, 5.74) is 5.14. The first-order chi connectivity index (χ1) is 21.5. The molecular formula is C35H41Cl2N3O4. The van der Waals surface area contributed by atoms with Gasteiger partial charge in [-0.05, 0) is 98.6 Å². The topological polar surface area (TPSA) is 67.0 Å². The van der Waals surface area contributed by atoms with Crippen LogP contribution in [0.5, 0.6) is 11.5 Å². The van der Waals surface area contributed by atoms with Gasteiger partial charge in [-0.3, -0.25) is 14.6 Å². The van der Waals surface area contributed by atoms with Gasteiger partial charge in [0.15, 0.2) is 0 Å². The minimum atomic E-state index is 0.218. The van der Waals surface area contributed by atoms with Crippen molar-refractivity contribution >= 4 is 40.6 Å². The highest BCUT2D eigenvalue weighted by atomic mass is 35.5. The number of halogens is 2. The van der Waals surface area contributed by atoms with Gasteiger partial charge in [0.05, 0.1) is 25.9 Å². The fraction of sp³-hybridized carbons (Fsp3) is 0.400. The van der Waals surface area contributed by atoms with Crippen LogP contribution >= 0.6 is 23.2 Å². The second-order valence-corrected chi connectivity index (χ2v) is 12.2. The smallest absolute Gasteiger partial charge is 0.298 e. The van der Waals surface area contributed by atoms with Gasteiger partial charge in [0, 0.05) is 46.3 Å². The lowest BCUT2D eigenvalue weighted by molar-refractivity contribution is -0.120. The molecule has 2 aliphatic rings. The van der Waals surface area contributed by atoms with Gasteiger partial charge < -0.3 is 19.2 Å². The van der Waals surface area contributed by atoms with Crippen molar-refractivity contribution < 1.29 is 19.0 Å². The number of carbonyl (C=O) groups is 1. The van der Waals surface area contributed by atoms with Gasteiger partial charge in [0.2, 0.25) is 0 Å². The second kappa shape index (κ2) is 16.3. The maximum absolute atomic E-state index is 9.80. The molecule has 44 heavy (non-hydrogen) atoms. The molecule has 3 heterocycles. The number of nitrogens with one attached hydrogen (secondary N) is 1. The van der Waals surface area contributed by atoms with Gasteiger partial charge in [-0.25, -0.2) is 0 Å². The maximum atomic E-state index is 9.80. The minimum Gasteiger partial charge on any atom is -0.494 e. The molecule has 234 valence electrons. The Bertz CT molecular complexity index is 1470.